The van der Waals surface area contributed by atoms with Crippen LogP contribution in [0.3, 0.4) is 0 Å². The summed E-state index contributed by atoms with van der Waals surface area (Å²) in [6.07, 6.45) is -1.36. The third-order valence-corrected chi connectivity index (χ3v) is 5.30. The average Bonchev–Trinajstić information content (AvgIpc) is 3.00. The molecule has 0 N–H and O–H groups in total. The Morgan fingerprint density at radius 2 is 1.86 bits per heavy atom. The van der Waals surface area contributed by atoms with Crippen LogP contribution < -0.4 is 9.80 Å². The molecular weight excluding hydrogens is 374 g/mol. The first-order valence-corrected chi connectivity index (χ1v) is 9.11. The summed E-state index contributed by atoms with van der Waals surface area (Å²) in [6.45, 7) is 3.93. The van der Waals surface area contributed by atoms with Crippen LogP contribution in [0.15, 0.2) is 17.2 Å². The number of piperazine rings is 1. The summed E-state index contributed by atoms with van der Waals surface area (Å²) in [5, 5.41) is 3.37. The van der Waals surface area contributed by atoms with Crippen LogP contribution in [-0.4, -0.2) is 75.6 Å². The van der Waals surface area contributed by atoms with E-state index in [0.717, 1.165) is 17.0 Å². The van der Waals surface area contributed by atoms with Crippen LogP contribution in [0.5, 0.6) is 0 Å². The van der Waals surface area contributed by atoms with Crippen molar-refractivity contribution in [2.24, 2.45) is 5.11 Å². The first-order chi connectivity index (χ1) is 13.6. The summed E-state index contributed by atoms with van der Waals surface area (Å²) < 4.78 is 39.8. The number of hydrogen-bond donors (Lipinski definition) is 0. The van der Waals surface area contributed by atoms with Gasteiger partial charge in [-0.3, -0.25) is 9.80 Å². The highest BCUT2D eigenvalue weighted by atomic mass is 19.1. The number of azide groups is 1. The standard InChI is InChI=1S/C17H20F2N6O3/c18-14-5-11(25-8-13(7-21-22-20)28-17(25)26)6-15(19)16(14)24-3-1-23(2-4-24)12-9-27-10-12/h5-6,12-13H,1-4,7-10H2. The zero-order valence-corrected chi connectivity index (χ0v) is 15.1. The highest BCUT2D eigenvalue weighted by Gasteiger charge is 2.34. The summed E-state index contributed by atoms with van der Waals surface area (Å²) in [5.74, 6) is -1.44. The van der Waals surface area contributed by atoms with Crippen molar-refractivity contribution in [1.82, 2.24) is 4.90 Å². The van der Waals surface area contributed by atoms with Crippen LogP contribution in [0, 0.1) is 11.6 Å². The Morgan fingerprint density at radius 1 is 1.18 bits per heavy atom. The molecule has 3 saturated heterocycles. The van der Waals surface area contributed by atoms with Gasteiger partial charge in [0.05, 0.1) is 38.0 Å². The molecule has 0 aliphatic carbocycles. The SMILES string of the molecule is [N-]=[N+]=NCC1CN(c2cc(F)c(N3CCN(C4COC4)CC3)c(F)c2)C(=O)O1. The molecule has 150 valence electrons. The van der Waals surface area contributed by atoms with Gasteiger partial charge in [0.15, 0.2) is 11.6 Å². The summed E-state index contributed by atoms with van der Waals surface area (Å²) in [7, 11) is 0. The second-order valence-corrected chi connectivity index (χ2v) is 7.00. The van der Waals surface area contributed by atoms with Gasteiger partial charge in [-0.05, 0) is 5.53 Å². The number of anilines is 2. The molecule has 3 heterocycles. The van der Waals surface area contributed by atoms with Gasteiger partial charge in [-0.25, -0.2) is 13.6 Å². The lowest BCUT2D eigenvalue weighted by Crippen LogP contribution is -2.56. The highest BCUT2D eigenvalue weighted by Crippen LogP contribution is 2.32. The Labute approximate surface area is 160 Å². The summed E-state index contributed by atoms with van der Waals surface area (Å²) in [4.78, 5) is 19.7. The number of carbonyl (C=O) groups is 1. The van der Waals surface area contributed by atoms with Gasteiger partial charge >= 0.3 is 6.09 Å². The second-order valence-electron chi connectivity index (χ2n) is 7.00. The molecule has 0 saturated carbocycles. The van der Waals surface area contributed by atoms with E-state index in [1.54, 1.807) is 4.90 Å². The fourth-order valence-corrected chi connectivity index (χ4v) is 3.71. The Balaban J connectivity index is 1.46. The molecular formula is C17H20F2N6O3. The number of ether oxygens (including phenoxy) is 2. The van der Waals surface area contributed by atoms with E-state index in [4.69, 9.17) is 15.0 Å². The lowest BCUT2D eigenvalue weighted by Gasteiger charge is -2.43. The van der Waals surface area contributed by atoms with E-state index in [1.807, 2.05) is 0 Å². The van der Waals surface area contributed by atoms with E-state index in [2.05, 4.69) is 14.9 Å². The van der Waals surface area contributed by atoms with Gasteiger partial charge in [0.1, 0.15) is 11.8 Å². The number of amides is 1. The van der Waals surface area contributed by atoms with Crippen molar-refractivity contribution in [3.8, 4) is 0 Å². The monoisotopic (exact) mass is 394 g/mol. The minimum absolute atomic E-state index is 0.0297. The minimum Gasteiger partial charge on any atom is -0.444 e. The molecule has 1 amide bonds. The largest absolute Gasteiger partial charge is 0.444 e. The summed E-state index contributed by atoms with van der Waals surface area (Å²) in [6, 6.07) is 2.68. The lowest BCUT2D eigenvalue weighted by atomic mass is 10.1. The molecule has 4 rings (SSSR count). The zero-order valence-electron chi connectivity index (χ0n) is 15.1. The first-order valence-electron chi connectivity index (χ1n) is 9.11. The Morgan fingerprint density at radius 3 is 2.43 bits per heavy atom. The predicted octanol–water partition coefficient (Wildman–Crippen LogP) is 2.12. The van der Waals surface area contributed by atoms with E-state index >= 15 is 0 Å². The maximum absolute atomic E-state index is 14.7. The van der Waals surface area contributed by atoms with E-state index in [0.29, 0.717) is 45.4 Å². The van der Waals surface area contributed by atoms with Gasteiger partial charge in [-0.15, -0.1) is 0 Å². The maximum Gasteiger partial charge on any atom is 0.414 e. The van der Waals surface area contributed by atoms with Gasteiger partial charge < -0.3 is 14.4 Å². The van der Waals surface area contributed by atoms with Crippen molar-refractivity contribution in [3.05, 3.63) is 34.2 Å². The van der Waals surface area contributed by atoms with E-state index in [9.17, 15) is 13.6 Å². The van der Waals surface area contributed by atoms with Crippen LogP contribution >= 0.6 is 0 Å². The Kier molecular flexibility index (Phi) is 5.21. The van der Waals surface area contributed by atoms with Crippen LogP contribution in [0.2, 0.25) is 0 Å². The van der Waals surface area contributed by atoms with Gasteiger partial charge in [0, 0.05) is 43.2 Å². The number of rotatable bonds is 5. The first kappa shape index (κ1) is 18.7. The second kappa shape index (κ2) is 7.78. The van der Waals surface area contributed by atoms with Crippen LogP contribution in [0.25, 0.3) is 10.4 Å². The third-order valence-electron chi connectivity index (χ3n) is 5.30. The zero-order chi connectivity index (χ0) is 19.7. The molecule has 9 nitrogen and oxygen atoms in total. The highest BCUT2D eigenvalue weighted by molar-refractivity contribution is 5.90. The molecule has 1 aromatic rings. The normalized spacial score (nSPS) is 23.4. The molecule has 1 atom stereocenters. The van der Waals surface area contributed by atoms with Gasteiger partial charge in [-0.2, -0.15) is 0 Å². The molecule has 1 unspecified atom stereocenters. The fraction of sp³-hybridized carbons (Fsp3) is 0.588. The van der Waals surface area contributed by atoms with Crippen LogP contribution in [0.4, 0.5) is 25.0 Å². The van der Waals surface area contributed by atoms with E-state index in [-0.39, 0.29) is 24.5 Å². The molecule has 11 heteroatoms. The maximum atomic E-state index is 14.7. The van der Waals surface area contributed by atoms with E-state index in [1.165, 1.54) is 0 Å². The smallest absolute Gasteiger partial charge is 0.414 e. The van der Waals surface area contributed by atoms with Crippen molar-refractivity contribution < 1.29 is 23.0 Å². The molecule has 0 bridgehead atoms. The van der Waals surface area contributed by atoms with Gasteiger partial charge in [-0.1, -0.05) is 5.11 Å². The number of cyclic esters (lactones) is 1. The fourth-order valence-electron chi connectivity index (χ4n) is 3.71. The van der Waals surface area contributed by atoms with E-state index < -0.39 is 23.8 Å². The molecule has 1 aromatic carbocycles. The summed E-state index contributed by atoms with van der Waals surface area (Å²) >= 11 is 0. The number of benzene rings is 1. The average molecular weight is 394 g/mol. The van der Waals surface area contributed by atoms with Crippen molar-refractivity contribution in [2.75, 3.05) is 62.3 Å². The van der Waals surface area contributed by atoms with Gasteiger partial charge in [0.2, 0.25) is 0 Å². The quantitative estimate of drug-likeness (QED) is 0.433. The van der Waals surface area contributed by atoms with Crippen molar-refractivity contribution in [2.45, 2.75) is 12.1 Å². The topological polar surface area (TPSA) is 94.0 Å². The third kappa shape index (κ3) is 3.56. The molecule has 3 fully saturated rings. The number of halogens is 2. The van der Waals surface area contributed by atoms with Crippen molar-refractivity contribution in [1.29, 1.82) is 0 Å². The molecule has 3 aliphatic rings. The van der Waals surface area contributed by atoms with Crippen molar-refractivity contribution in [3.63, 3.8) is 0 Å². The lowest BCUT2D eigenvalue weighted by molar-refractivity contribution is -0.0661. The molecule has 0 spiro atoms. The molecule has 3 aliphatic heterocycles. The molecule has 0 aromatic heterocycles. The van der Waals surface area contributed by atoms with Crippen LogP contribution in [0.1, 0.15) is 0 Å². The molecule has 28 heavy (non-hydrogen) atoms. The predicted molar refractivity (Wildman–Crippen MR) is 96.4 cm³/mol. The van der Waals surface area contributed by atoms with Crippen molar-refractivity contribution >= 4 is 17.5 Å². The Hall–Kier alpha value is -2.62. The van der Waals surface area contributed by atoms with Gasteiger partial charge in [0.25, 0.3) is 0 Å². The molecule has 0 radical (unpaired) electrons. The Bertz CT molecular complexity index is 783. The summed E-state index contributed by atoms with van der Waals surface area (Å²) in [5.41, 5.74) is 8.36. The minimum atomic E-state index is -0.721. The van der Waals surface area contributed by atoms with Crippen LogP contribution in [-0.2, 0) is 9.47 Å². The number of nitrogens with zero attached hydrogens (tertiary/aromatic N) is 6. The number of hydrogen-bond acceptors (Lipinski definition) is 6. The number of carbonyl (C=O) groups excluding carboxylic acids is 1.